The van der Waals surface area contributed by atoms with Crippen molar-refractivity contribution in [1.82, 2.24) is 14.7 Å². The molecule has 2 aromatic rings. The van der Waals surface area contributed by atoms with E-state index in [9.17, 15) is 9.18 Å². The summed E-state index contributed by atoms with van der Waals surface area (Å²) in [4.78, 5) is 14.7. The van der Waals surface area contributed by atoms with Crippen molar-refractivity contribution in [2.45, 2.75) is 52.4 Å². The molecule has 0 N–H and O–H groups in total. The number of rotatable bonds is 3. The molecule has 1 saturated heterocycles. The van der Waals surface area contributed by atoms with Crippen LogP contribution in [0, 0.1) is 19.7 Å². The van der Waals surface area contributed by atoms with Crippen LogP contribution in [0.1, 0.15) is 49.1 Å². The van der Waals surface area contributed by atoms with E-state index in [0.29, 0.717) is 12.1 Å². The molecule has 25 heavy (non-hydrogen) atoms. The van der Waals surface area contributed by atoms with E-state index in [4.69, 9.17) is 0 Å². The van der Waals surface area contributed by atoms with E-state index in [1.54, 1.807) is 22.9 Å². The lowest BCUT2D eigenvalue weighted by molar-refractivity contribution is -0.130. The fraction of sp³-hybridized carbons (Fsp3) is 0.500. The molecule has 0 spiro atoms. The zero-order valence-electron chi connectivity index (χ0n) is 15.1. The Morgan fingerprint density at radius 1 is 1.08 bits per heavy atom. The van der Waals surface area contributed by atoms with Crippen molar-refractivity contribution >= 4 is 5.91 Å². The van der Waals surface area contributed by atoms with Gasteiger partial charge in [0.15, 0.2) is 0 Å². The zero-order valence-corrected chi connectivity index (χ0v) is 15.1. The van der Waals surface area contributed by atoms with Crippen molar-refractivity contribution in [3.63, 3.8) is 0 Å². The second-order valence-electron chi connectivity index (χ2n) is 6.84. The number of amides is 1. The highest BCUT2D eigenvalue weighted by Gasteiger charge is 2.21. The van der Waals surface area contributed by atoms with Gasteiger partial charge in [-0.25, -0.2) is 9.07 Å². The molecule has 0 unspecified atom stereocenters. The van der Waals surface area contributed by atoms with Gasteiger partial charge in [0.25, 0.3) is 0 Å². The molecule has 134 valence electrons. The third kappa shape index (κ3) is 3.91. The Labute approximate surface area is 148 Å². The second kappa shape index (κ2) is 7.81. The highest BCUT2D eigenvalue weighted by molar-refractivity contribution is 5.79. The number of aromatic nitrogens is 2. The molecule has 0 aliphatic carbocycles. The quantitative estimate of drug-likeness (QED) is 0.846. The van der Waals surface area contributed by atoms with Gasteiger partial charge in [0.1, 0.15) is 11.5 Å². The Kier molecular flexibility index (Phi) is 5.51. The third-order valence-corrected chi connectivity index (χ3v) is 5.06. The smallest absolute Gasteiger partial charge is 0.227 e. The van der Waals surface area contributed by atoms with Crippen LogP contribution in [0.4, 0.5) is 4.39 Å². The maximum Gasteiger partial charge on any atom is 0.227 e. The van der Waals surface area contributed by atoms with Crippen LogP contribution >= 0.6 is 0 Å². The Hall–Kier alpha value is -2.17. The first-order valence-corrected chi connectivity index (χ1v) is 9.15. The van der Waals surface area contributed by atoms with E-state index in [1.165, 1.54) is 25.3 Å². The highest BCUT2D eigenvalue weighted by Crippen LogP contribution is 2.21. The van der Waals surface area contributed by atoms with E-state index in [1.807, 2.05) is 18.7 Å². The van der Waals surface area contributed by atoms with Crippen molar-refractivity contribution < 1.29 is 9.18 Å². The number of likely N-dealkylation sites (tertiary alicyclic amines) is 1. The van der Waals surface area contributed by atoms with Gasteiger partial charge in [0.05, 0.1) is 12.1 Å². The van der Waals surface area contributed by atoms with Gasteiger partial charge in [-0.3, -0.25) is 4.79 Å². The Morgan fingerprint density at radius 2 is 1.72 bits per heavy atom. The number of halogens is 1. The van der Waals surface area contributed by atoms with Gasteiger partial charge in [-0.1, -0.05) is 31.4 Å². The first-order chi connectivity index (χ1) is 12.1. The lowest BCUT2D eigenvalue weighted by Gasteiger charge is -2.25. The average Bonchev–Trinajstić information content (AvgIpc) is 2.83. The van der Waals surface area contributed by atoms with Crippen molar-refractivity contribution in [1.29, 1.82) is 0 Å². The number of hydrogen-bond donors (Lipinski definition) is 0. The molecule has 3 rings (SSSR count). The molecule has 1 amide bonds. The summed E-state index contributed by atoms with van der Waals surface area (Å²) in [6, 6.07) is 6.59. The maximum atomic E-state index is 14.1. The molecule has 2 heterocycles. The normalized spacial score (nSPS) is 15.7. The molecule has 5 heteroatoms. The first-order valence-electron chi connectivity index (χ1n) is 9.15. The zero-order chi connectivity index (χ0) is 17.8. The SMILES string of the molecule is Cc1nn(-c2ccccc2F)c(C)c1CC(=O)N1CCCCCCC1. The molecule has 0 saturated carbocycles. The fourth-order valence-corrected chi connectivity index (χ4v) is 3.55. The van der Waals surface area contributed by atoms with Crippen molar-refractivity contribution in [3.05, 3.63) is 47.0 Å². The first kappa shape index (κ1) is 17.6. The molecule has 0 bridgehead atoms. The molecule has 1 aromatic carbocycles. The molecular weight excluding hydrogens is 317 g/mol. The highest BCUT2D eigenvalue weighted by atomic mass is 19.1. The summed E-state index contributed by atoms with van der Waals surface area (Å²) < 4.78 is 15.7. The molecule has 0 atom stereocenters. The van der Waals surface area contributed by atoms with Gasteiger partial charge < -0.3 is 4.90 Å². The van der Waals surface area contributed by atoms with E-state index in [2.05, 4.69) is 5.10 Å². The van der Waals surface area contributed by atoms with Crippen LogP contribution in [0.3, 0.4) is 0 Å². The Bertz CT molecular complexity index is 745. The van der Waals surface area contributed by atoms with Crippen LogP contribution < -0.4 is 0 Å². The van der Waals surface area contributed by atoms with Crippen LogP contribution in [0.5, 0.6) is 0 Å². The average molecular weight is 343 g/mol. The summed E-state index contributed by atoms with van der Waals surface area (Å²) in [5.41, 5.74) is 2.97. The summed E-state index contributed by atoms with van der Waals surface area (Å²) in [6.07, 6.45) is 6.18. The minimum Gasteiger partial charge on any atom is -0.342 e. The molecule has 1 aliphatic heterocycles. The summed E-state index contributed by atoms with van der Waals surface area (Å²) in [5.74, 6) is -0.157. The fourth-order valence-electron chi connectivity index (χ4n) is 3.55. The molecular formula is C20H26FN3O. The number of para-hydroxylation sites is 1. The predicted molar refractivity (Wildman–Crippen MR) is 96.4 cm³/mol. The predicted octanol–water partition coefficient (Wildman–Crippen LogP) is 3.96. The van der Waals surface area contributed by atoms with Gasteiger partial charge in [-0.05, 0) is 38.8 Å². The summed E-state index contributed by atoms with van der Waals surface area (Å²) >= 11 is 0. The Balaban J connectivity index is 1.81. The van der Waals surface area contributed by atoms with Crippen molar-refractivity contribution in [3.8, 4) is 5.69 Å². The van der Waals surface area contributed by atoms with Crippen LogP contribution in [-0.4, -0.2) is 33.7 Å². The van der Waals surface area contributed by atoms with Crippen molar-refractivity contribution in [2.75, 3.05) is 13.1 Å². The largest absolute Gasteiger partial charge is 0.342 e. The van der Waals surface area contributed by atoms with Gasteiger partial charge in [0, 0.05) is 24.3 Å². The lowest BCUT2D eigenvalue weighted by atomic mass is 10.1. The minimum atomic E-state index is -0.310. The van der Waals surface area contributed by atoms with Gasteiger partial charge in [-0.15, -0.1) is 0 Å². The Morgan fingerprint density at radius 3 is 2.40 bits per heavy atom. The number of carbonyl (C=O) groups is 1. The van der Waals surface area contributed by atoms with Crippen LogP contribution in [0.2, 0.25) is 0 Å². The third-order valence-electron chi connectivity index (χ3n) is 5.06. The van der Waals surface area contributed by atoms with E-state index in [0.717, 1.165) is 42.9 Å². The van der Waals surface area contributed by atoms with Gasteiger partial charge in [-0.2, -0.15) is 5.10 Å². The number of benzene rings is 1. The van der Waals surface area contributed by atoms with Crippen LogP contribution in [0.15, 0.2) is 24.3 Å². The lowest BCUT2D eigenvalue weighted by Crippen LogP contribution is -2.35. The standard InChI is InChI=1S/C20H26FN3O/c1-15-17(14-20(25)23-12-8-4-3-5-9-13-23)16(2)24(22-15)19-11-7-6-10-18(19)21/h6-7,10-11H,3-5,8-9,12-14H2,1-2H3. The van der Waals surface area contributed by atoms with E-state index < -0.39 is 0 Å². The monoisotopic (exact) mass is 343 g/mol. The van der Waals surface area contributed by atoms with E-state index >= 15 is 0 Å². The maximum absolute atomic E-state index is 14.1. The molecule has 1 aliphatic rings. The molecule has 1 fully saturated rings. The summed E-state index contributed by atoms with van der Waals surface area (Å²) in [6.45, 7) is 5.49. The number of nitrogens with zero attached hydrogens (tertiary/aromatic N) is 3. The number of hydrogen-bond acceptors (Lipinski definition) is 2. The number of carbonyl (C=O) groups excluding carboxylic acids is 1. The molecule has 4 nitrogen and oxygen atoms in total. The van der Waals surface area contributed by atoms with Gasteiger partial charge in [0.2, 0.25) is 5.91 Å². The van der Waals surface area contributed by atoms with Crippen LogP contribution in [-0.2, 0) is 11.2 Å². The van der Waals surface area contributed by atoms with E-state index in [-0.39, 0.29) is 11.7 Å². The second-order valence-corrected chi connectivity index (χ2v) is 6.84. The minimum absolute atomic E-state index is 0.154. The molecule has 1 aromatic heterocycles. The van der Waals surface area contributed by atoms with Crippen LogP contribution in [0.25, 0.3) is 5.69 Å². The topological polar surface area (TPSA) is 38.1 Å². The number of aryl methyl sites for hydroxylation is 1. The summed E-state index contributed by atoms with van der Waals surface area (Å²) in [5, 5.41) is 4.48. The molecule has 0 radical (unpaired) electrons. The van der Waals surface area contributed by atoms with Gasteiger partial charge >= 0.3 is 0 Å². The van der Waals surface area contributed by atoms with Crippen molar-refractivity contribution in [2.24, 2.45) is 0 Å². The summed E-state index contributed by atoms with van der Waals surface area (Å²) in [7, 11) is 0.